The number of amides is 2. The number of anilines is 1. The Bertz CT molecular complexity index is 470. The van der Waals surface area contributed by atoms with Crippen molar-refractivity contribution >= 4 is 17.5 Å². The Balaban J connectivity index is 2.51. The first-order valence-electron chi connectivity index (χ1n) is 7.38. The maximum Gasteiger partial charge on any atom is 0.253 e. The van der Waals surface area contributed by atoms with Gasteiger partial charge in [-0.2, -0.15) is 0 Å². The monoisotopic (exact) mass is 308 g/mol. The highest BCUT2D eigenvalue weighted by molar-refractivity contribution is 5.96. The number of rotatable bonds is 9. The molecule has 0 aromatic heterocycles. The van der Waals surface area contributed by atoms with E-state index >= 15 is 0 Å². The molecule has 6 heteroatoms. The second-order valence-electron chi connectivity index (χ2n) is 4.65. The van der Waals surface area contributed by atoms with E-state index in [1.807, 2.05) is 13.8 Å². The molecular formula is C16H24N2O4. The van der Waals surface area contributed by atoms with Crippen molar-refractivity contribution in [1.29, 1.82) is 0 Å². The second-order valence-corrected chi connectivity index (χ2v) is 4.65. The van der Waals surface area contributed by atoms with E-state index in [-0.39, 0.29) is 18.4 Å². The Morgan fingerprint density at radius 1 is 1.09 bits per heavy atom. The van der Waals surface area contributed by atoms with Crippen LogP contribution >= 0.6 is 0 Å². The number of hydrogen-bond acceptors (Lipinski definition) is 4. The summed E-state index contributed by atoms with van der Waals surface area (Å²) in [4.78, 5) is 25.5. The fourth-order valence-corrected chi connectivity index (χ4v) is 1.89. The SMILES string of the molecule is CCN(CC)C(=O)c1ccc(NC(=O)COCCOC)cc1. The Hall–Kier alpha value is -1.92. The molecule has 1 aromatic rings. The second kappa shape index (κ2) is 9.92. The van der Waals surface area contributed by atoms with Crippen molar-refractivity contribution in [3.05, 3.63) is 29.8 Å². The number of hydrogen-bond donors (Lipinski definition) is 1. The Morgan fingerprint density at radius 3 is 2.27 bits per heavy atom. The van der Waals surface area contributed by atoms with Gasteiger partial charge in [0.2, 0.25) is 5.91 Å². The summed E-state index contributed by atoms with van der Waals surface area (Å²) in [6.07, 6.45) is 0. The maximum atomic E-state index is 12.2. The molecule has 0 fully saturated rings. The van der Waals surface area contributed by atoms with E-state index in [1.54, 1.807) is 36.3 Å². The average molecular weight is 308 g/mol. The molecule has 6 nitrogen and oxygen atoms in total. The van der Waals surface area contributed by atoms with Gasteiger partial charge in [0, 0.05) is 31.5 Å². The van der Waals surface area contributed by atoms with Crippen LogP contribution in [0.1, 0.15) is 24.2 Å². The van der Waals surface area contributed by atoms with Gasteiger partial charge in [-0.1, -0.05) is 0 Å². The smallest absolute Gasteiger partial charge is 0.253 e. The minimum Gasteiger partial charge on any atom is -0.382 e. The molecule has 0 aliphatic rings. The van der Waals surface area contributed by atoms with Crippen molar-refractivity contribution in [1.82, 2.24) is 4.90 Å². The molecule has 0 saturated carbocycles. The lowest BCUT2D eigenvalue weighted by atomic mass is 10.2. The third kappa shape index (κ3) is 5.83. The molecule has 2 amide bonds. The number of methoxy groups -OCH3 is 1. The first kappa shape index (κ1) is 18.1. The first-order valence-corrected chi connectivity index (χ1v) is 7.38. The van der Waals surface area contributed by atoms with Crippen molar-refractivity contribution in [3.63, 3.8) is 0 Å². The molecule has 1 N–H and O–H groups in total. The van der Waals surface area contributed by atoms with E-state index in [0.29, 0.717) is 37.6 Å². The van der Waals surface area contributed by atoms with Gasteiger partial charge in [0.25, 0.3) is 5.91 Å². The van der Waals surface area contributed by atoms with E-state index in [9.17, 15) is 9.59 Å². The minimum absolute atomic E-state index is 0.00854. The fourth-order valence-electron chi connectivity index (χ4n) is 1.89. The largest absolute Gasteiger partial charge is 0.382 e. The minimum atomic E-state index is -0.237. The van der Waals surface area contributed by atoms with E-state index in [1.165, 1.54) is 0 Å². The third-order valence-electron chi connectivity index (χ3n) is 3.13. The molecule has 0 radical (unpaired) electrons. The van der Waals surface area contributed by atoms with Crippen LogP contribution in [0.5, 0.6) is 0 Å². The van der Waals surface area contributed by atoms with Crippen molar-refractivity contribution in [2.24, 2.45) is 0 Å². The highest BCUT2D eigenvalue weighted by Crippen LogP contribution is 2.11. The quantitative estimate of drug-likeness (QED) is 0.706. The molecule has 1 aromatic carbocycles. The summed E-state index contributed by atoms with van der Waals surface area (Å²) in [6, 6.07) is 6.84. The number of ether oxygens (including phenoxy) is 2. The lowest BCUT2D eigenvalue weighted by Gasteiger charge is -2.18. The van der Waals surface area contributed by atoms with Gasteiger partial charge in [-0.05, 0) is 38.1 Å². The summed E-state index contributed by atoms with van der Waals surface area (Å²) in [7, 11) is 1.57. The molecule has 0 aliphatic heterocycles. The molecule has 0 heterocycles. The van der Waals surface area contributed by atoms with E-state index in [0.717, 1.165) is 0 Å². The Kier molecular flexibility index (Phi) is 8.17. The molecule has 1 rings (SSSR count). The zero-order valence-corrected chi connectivity index (χ0v) is 13.4. The topological polar surface area (TPSA) is 67.9 Å². The summed E-state index contributed by atoms with van der Waals surface area (Å²) >= 11 is 0. The summed E-state index contributed by atoms with van der Waals surface area (Å²) in [6.45, 7) is 6.04. The van der Waals surface area contributed by atoms with Gasteiger partial charge in [0.15, 0.2) is 0 Å². The van der Waals surface area contributed by atoms with Crippen LogP contribution in [0.25, 0.3) is 0 Å². The zero-order valence-electron chi connectivity index (χ0n) is 13.4. The van der Waals surface area contributed by atoms with Crippen LogP contribution in [-0.2, 0) is 14.3 Å². The third-order valence-corrected chi connectivity index (χ3v) is 3.13. The summed E-state index contributed by atoms with van der Waals surface area (Å²) in [5.74, 6) is -0.246. The predicted octanol–water partition coefficient (Wildman–Crippen LogP) is 1.77. The maximum absolute atomic E-state index is 12.2. The van der Waals surface area contributed by atoms with Crippen LogP contribution in [0.2, 0.25) is 0 Å². The first-order chi connectivity index (χ1) is 10.6. The molecule has 0 saturated heterocycles. The van der Waals surface area contributed by atoms with Gasteiger partial charge >= 0.3 is 0 Å². The van der Waals surface area contributed by atoms with Gasteiger partial charge in [0.05, 0.1) is 13.2 Å². The van der Waals surface area contributed by atoms with Crippen LogP contribution in [0.3, 0.4) is 0 Å². The van der Waals surface area contributed by atoms with Crippen LogP contribution < -0.4 is 5.32 Å². The van der Waals surface area contributed by atoms with E-state index < -0.39 is 0 Å². The number of nitrogens with zero attached hydrogens (tertiary/aromatic N) is 1. The number of carbonyl (C=O) groups is 2. The number of carbonyl (C=O) groups excluding carboxylic acids is 2. The molecule has 0 unspecified atom stereocenters. The Labute approximate surface area is 131 Å². The molecule has 22 heavy (non-hydrogen) atoms. The zero-order chi connectivity index (χ0) is 16.4. The van der Waals surface area contributed by atoms with Crippen LogP contribution in [-0.4, -0.2) is 56.7 Å². The van der Waals surface area contributed by atoms with Crippen LogP contribution in [0.4, 0.5) is 5.69 Å². The highest BCUT2D eigenvalue weighted by atomic mass is 16.5. The molecule has 122 valence electrons. The van der Waals surface area contributed by atoms with Crippen molar-refractivity contribution in [2.75, 3.05) is 45.3 Å². The van der Waals surface area contributed by atoms with Crippen LogP contribution in [0, 0.1) is 0 Å². The van der Waals surface area contributed by atoms with Crippen LogP contribution in [0.15, 0.2) is 24.3 Å². The summed E-state index contributed by atoms with van der Waals surface area (Å²) < 4.78 is 9.96. The van der Waals surface area contributed by atoms with Gasteiger partial charge in [-0.3, -0.25) is 9.59 Å². The molecule has 0 aliphatic carbocycles. The lowest BCUT2D eigenvalue weighted by molar-refractivity contribution is -0.121. The van der Waals surface area contributed by atoms with Gasteiger partial charge in [-0.25, -0.2) is 0 Å². The fraction of sp³-hybridized carbons (Fsp3) is 0.500. The van der Waals surface area contributed by atoms with Crippen molar-refractivity contribution in [3.8, 4) is 0 Å². The highest BCUT2D eigenvalue weighted by Gasteiger charge is 2.12. The Morgan fingerprint density at radius 2 is 1.73 bits per heavy atom. The normalized spacial score (nSPS) is 10.3. The summed E-state index contributed by atoms with van der Waals surface area (Å²) in [5.41, 5.74) is 1.24. The van der Waals surface area contributed by atoms with Crippen molar-refractivity contribution < 1.29 is 19.1 Å². The standard InChI is InChI=1S/C16H24N2O4/c1-4-18(5-2)16(20)13-6-8-14(9-7-13)17-15(19)12-22-11-10-21-3/h6-9H,4-5,10-12H2,1-3H3,(H,17,19). The molecule has 0 bridgehead atoms. The molecular weight excluding hydrogens is 284 g/mol. The number of nitrogens with one attached hydrogen (secondary N) is 1. The number of benzene rings is 1. The molecule has 0 spiro atoms. The van der Waals surface area contributed by atoms with Gasteiger partial charge in [-0.15, -0.1) is 0 Å². The van der Waals surface area contributed by atoms with Gasteiger partial charge < -0.3 is 19.7 Å². The van der Waals surface area contributed by atoms with E-state index in [4.69, 9.17) is 9.47 Å². The van der Waals surface area contributed by atoms with E-state index in [2.05, 4.69) is 5.32 Å². The predicted molar refractivity (Wildman–Crippen MR) is 85.0 cm³/mol. The van der Waals surface area contributed by atoms with Crippen molar-refractivity contribution in [2.45, 2.75) is 13.8 Å². The molecule has 0 atom stereocenters. The average Bonchev–Trinajstić information content (AvgIpc) is 2.53. The lowest BCUT2D eigenvalue weighted by Crippen LogP contribution is -2.30. The van der Waals surface area contributed by atoms with Gasteiger partial charge in [0.1, 0.15) is 6.61 Å². The summed E-state index contributed by atoms with van der Waals surface area (Å²) in [5, 5.41) is 2.71.